The molecule has 0 fully saturated rings. The van der Waals surface area contributed by atoms with Gasteiger partial charge in [0.1, 0.15) is 5.69 Å². The van der Waals surface area contributed by atoms with Crippen molar-refractivity contribution in [3.63, 3.8) is 0 Å². The first-order chi connectivity index (χ1) is 12.0. The number of nitrogens with zero attached hydrogens (tertiary/aromatic N) is 4. The summed E-state index contributed by atoms with van der Waals surface area (Å²) in [7, 11) is 2.15. The van der Waals surface area contributed by atoms with Crippen molar-refractivity contribution in [2.45, 2.75) is 39.3 Å². The second-order valence-corrected chi connectivity index (χ2v) is 7.39. The molecule has 4 nitrogen and oxygen atoms in total. The Hall–Kier alpha value is -2.62. The maximum absolute atomic E-state index is 4.63. The summed E-state index contributed by atoms with van der Waals surface area (Å²) in [6, 6.07) is 17.1. The molecule has 0 spiro atoms. The Morgan fingerprint density at radius 1 is 1.00 bits per heavy atom. The molecule has 0 aliphatic carbocycles. The molecule has 3 aromatic rings. The summed E-state index contributed by atoms with van der Waals surface area (Å²) < 4.78 is 2.11. The molecule has 0 atom stereocenters. The van der Waals surface area contributed by atoms with Crippen molar-refractivity contribution >= 4 is 5.69 Å². The number of hydrogen-bond acceptors (Lipinski definition) is 3. The molecular weight excluding hydrogens is 308 g/mol. The highest BCUT2D eigenvalue weighted by atomic mass is 15.5. The van der Waals surface area contributed by atoms with Crippen molar-refractivity contribution < 1.29 is 0 Å². The van der Waals surface area contributed by atoms with E-state index in [0.29, 0.717) is 0 Å². The van der Waals surface area contributed by atoms with E-state index < -0.39 is 0 Å². The molecule has 2 aromatic carbocycles. The summed E-state index contributed by atoms with van der Waals surface area (Å²) in [5.41, 5.74) is 6.87. The predicted octanol–water partition coefficient (Wildman–Crippen LogP) is 4.71. The lowest BCUT2D eigenvalue weighted by Gasteiger charge is -2.30. The fourth-order valence-corrected chi connectivity index (χ4v) is 3.52. The van der Waals surface area contributed by atoms with Crippen molar-refractivity contribution in [2.75, 3.05) is 11.9 Å². The van der Waals surface area contributed by atoms with E-state index in [1.165, 1.54) is 22.4 Å². The second-order valence-electron chi connectivity index (χ2n) is 7.39. The number of fused-ring (bicyclic) bond motifs is 5. The number of aromatic nitrogens is 3. The highest BCUT2D eigenvalue weighted by Gasteiger charge is 2.30. The number of para-hydroxylation sites is 1. The molecule has 0 unspecified atom stereocenters. The van der Waals surface area contributed by atoms with E-state index >= 15 is 0 Å². The molecule has 0 N–H and O–H groups in total. The van der Waals surface area contributed by atoms with Gasteiger partial charge in [-0.2, -0.15) is 0 Å². The predicted molar refractivity (Wildman–Crippen MR) is 103 cm³/mol. The molecule has 0 bridgehead atoms. The summed E-state index contributed by atoms with van der Waals surface area (Å²) in [5, 5.41) is 9.23. The SMILES string of the molecule is CCC(C)(C)n1nnc2c1-c1ccccc1N(C)Cc1ccccc1-2. The lowest BCUT2D eigenvalue weighted by molar-refractivity contribution is 0.305. The number of hydrogen-bond donors (Lipinski definition) is 0. The first-order valence-corrected chi connectivity index (χ1v) is 8.88. The van der Waals surface area contributed by atoms with Gasteiger partial charge in [-0.15, -0.1) is 5.10 Å². The Kier molecular flexibility index (Phi) is 3.64. The molecule has 4 heteroatoms. The van der Waals surface area contributed by atoms with Crippen LogP contribution in [0.5, 0.6) is 0 Å². The van der Waals surface area contributed by atoms with Gasteiger partial charge in [0, 0.05) is 30.4 Å². The number of rotatable bonds is 2. The van der Waals surface area contributed by atoms with Crippen molar-refractivity contribution in [2.24, 2.45) is 0 Å². The van der Waals surface area contributed by atoms with E-state index in [0.717, 1.165) is 24.4 Å². The van der Waals surface area contributed by atoms with Crippen LogP contribution in [-0.4, -0.2) is 22.0 Å². The normalized spacial score (nSPS) is 13.5. The minimum absolute atomic E-state index is 0.0968. The molecule has 128 valence electrons. The van der Waals surface area contributed by atoms with Crippen LogP contribution in [0.25, 0.3) is 22.5 Å². The molecule has 25 heavy (non-hydrogen) atoms. The smallest absolute Gasteiger partial charge is 0.121 e. The summed E-state index contributed by atoms with van der Waals surface area (Å²) >= 11 is 0. The van der Waals surface area contributed by atoms with E-state index in [-0.39, 0.29) is 5.54 Å². The van der Waals surface area contributed by atoms with Gasteiger partial charge in [-0.3, -0.25) is 0 Å². The highest BCUT2D eigenvalue weighted by Crippen LogP contribution is 2.42. The number of anilines is 1. The van der Waals surface area contributed by atoms with Crippen molar-refractivity contribution in [3.05, 3.63) is 54.1 Å². The quantitative estimate of drug-likeness (QED) is 0.682. The lowest BCUT2D eigenvalue weighted by Crippen LogP contribution is -2.28. The highest BCUT2D eigenvalue weighted by molar-refractivity contribution is 5.88. The number of benzene rings is 2. The third kappa shape index (κ3) is 2.44. The minimum Gasteiger partial charge on any atom is -0.370 e. The Balaban J connectivity index is 2.10. The molecule has 0 saturated carbocycles. The van der Waals surface area contributed by atoms with Crippen molar-refractivity contribution in [1.29, 1.82) is 0 Å². The second kappa shape index (κ2) is 5.73. The van der Waals surface area contributed by atoms with Gasteiger partial charge in [0.25, 0.3) is 0 Å². The summed E-state index contributed by atoms with van der Waals surface area (Å²) in [4.78, 5) is 2.31. The molecule has 0 amide bonds. The van der Waals surface area contributed by atoms with Crippen LogP contribution in [0, 0.1) is 0 Å². The monoisotopic (exact) mass is 332 g/mol. The van der Waals surface area contributed by atoms with E-state index in [1.54, 1.807) is 0 Å². The van der Waals surface area contributed by atoms with Crippen LogP contribution < -0.4 is 4.90 Å². The Morgan fingerprint density at radius 3 is 2.44 bits per heavy atom. The maximum Gasteiger partial charge on any atom is 0.121 e. The van der Waals surface area contributed by atoms with Gasteiger partial charge in [-0.1, -0.05) is 54.6 Å². The summed E-state index contributed by atoms with van der Waals surface area (Å²) in [6.07, 6.45) is 0.989. The van der Waals surface area contributed by atoms with E-state index in [4.69, 9.17) is 0 Å². The molecule has 0 saturated heterocycles. The molecule has 1 aromatic heterocycles. The molecule has 0 radical (unpaired) electrons. The minimum atomic E-state index is -0.0968. The average Bonchev–Trinajstić information content (AvgIpc) is 3.06. The Bertz CT molecular complexity index is 923. The van der Waals surface area contributed by atoms with Crippen LogP contribution in [-0.2, 0) is 12.1 Å². The van der Waals surface area contributed by atoms with E-state index in [1.807, 2.05) is 0 Å². The van der Waals surface area contributed by atoms with E-state index in [2.05, 4.69) is 96.2 Å². The summed E-state index contributed by atoms with van der Waals surface area (Å²) in [5.74, 6) is 0. The van der Waals surface area contributed by atoms with Crippen LogP contribution in [0.3, 0.4) is 0 Å². The fraction of sp³-hybridized carbons (Fsp3) is 0.333. The maximum atomic E-state index is 4.63. The first-order valence-electron chi connectivity index (χ1n) is 8.88. The van der Waals surface area contributed by atoms with Gasteiger partial charge in [-0.05, 0) is 31.9 Å². The van der Waals surface area contributed by atoms with Gasteiger partial charge in [0.05, 0.1) is 11.2 Å². The Morgan fingerprint density at radius 2 is 1.68 bits per heavy atom. The van der Waals surface area contributed by atoms with Gasteiger partial charge < -0.3 is 4.90 Å². The van der Waals surface area contributed by atoms with Crippen LogP contribution in [0.15, 0.2) is 48.5 Å². The average molecular weight is 332 g/mol. The zero-order valence-electron chi connectivity index (χ0n) is 15.3. The molecular formula is C21H24N4. The largest absolute Gasteiger partial charge is 0.370 e. The van der Waals surface area contributed by atoms with Gasteiger partial charge in [0.15, 0.2) is 0 Å². The van der Waals surface area contributed by atoms with Crippen molar-refractivity contribution in [1.82, 2.24) is 15.0 Å². The molecule has 2 heterocycles. The lowest BCUT2D eigenvalue weighted by atomic mass is 9.94. The first kappa shape index (κ1) is 15.9. The third-order valence-electron chi connectivity index (χ3n) is 5.36. The van der Waals surface area contributed by atoms with Crippen LogP contribution in [0.1, 0.15) is 32.8 Å². The molecule has 4 rings (SSSR count). The van der Waals surface area contributed by atoms with Gasteiger partial charge in [0.2, 0.25) is 0 Å². The third-order valence-corrected chi connectivity index (χ3v) is 5.36. The van der Waals surface area contributed by atoms with Crippen molar-refractivity contribution in [3.8, 4) is 22.5 Å². The van der Waals surface area contributed by atoms with Gasteiger partial charge >= 0.3 is 0 Å². The zero-order chi connectivity index (χ0) is 17.6. The van der Waals surface area contributed by atoms with Crippen LogP contribution >= 0.6 is 0 Å². The zero-order valence-corrected chi connectivity index (χ0v) is 15.3. The fourth-order valence-electron chi connectivity index (χ4n) is 3.52. The summed E-state index contributed by atoms with van der Waals surface area (Å²) in [6.45, 7) is 7.50. The Labute approximate surface area is 149 Å². The van der Waals surface area contributed by atoms with E-state index in [9.17, 15) is 0 Å². The van der Waals surface area contributed by atoms with Crippen LogP contribution in [0.4, 0.5) is 5.69 Å². The topological polar surface area (TPSA) is 34.0 Å². The van der Waals surface area contributed by atoms with Gasteiger partial charge in [-0.25, -0.2) is 4.68 Å². The standard InChI is InChI=1S/C21H24N4/c1-5-21(2,3)25-20-17-12-8-9-13-18(17)24(4)14-15-10-6-7-11-16(15)19(20)22-23-25/h6-13H,5,14H2,1-4H3. The van der Waals surface area contributed by atoms with Crippen LogP contribution in [0.2, 0.25) is 0 Å². The molecule has 1 aliphatic heterocycles. The molecule has 1 aliphatic rings.